The van der Waals surface area contributed by atoms with Gasteiger partial charge in [0.1, 0.15) is 0 Å². The molecule has 2 heterocycles. The van der Waals surface area contributed by atoms with E-state index < -0.39 is 6.10 Å². The van der Waals surface area contributed by atoms with E-state index in [9.17, 15) is 0 Å². The first-order valence-electron chi connectivity index (χ1n) is 4.71. The molecule has 13 heavy (non-hydrogen) atoms. The van der Waals surface area contributed by atoms with Gasteiger partial charge in [-0.05, 0) is 19.8 Å². The van der Waals surface area contributed by atoms with Crippen LogP contribution >= 0.6 is 0 Å². The summed E-state index contributed by atoms with van der Waals surface area (Å²) in [6.07, 6.45) is 2.00. The van der Waals surface area contributed by atoms with Gasteiger partial charge in [-0.15, -0.1) is 0 Å². The molecule has 2 saturated heterocycles. The number of hydrogen-bond donors (Lipinski definition) is 2. The molecule has 1 unspecified atom stereocenters. The Morgan fingerprint density at radius 2 is 1.46 bits per heavy atom. The molecule has 0 aliphatic carbocycles. The lowest BCUT2D eigenvalue weighted by molar-refractivity contribution is 0.110. The lowest BCUT2D eigenvalue weighted by Crippen LogP contribution is -2.03. The number of epoxide rings is 1. The Hall–Kier alpha value is -0.160. The predicted octanol–water partition coefficient (Wildman–Crippen LogP) is 0.173. The van der Waals surface area contributed by atoms with Crippen molar-refractivity contribution in [3.05, 3.63) is 0 Å². The van der Waals surface area contributed by atoms with Crippen molar-refractivity contribution >= 4 is 0 Å². The molecule has 0 radical (unpaired) electrons. The lowest BCUT2D eigenvalue weighted by Gasteiger charge is -1.90. The maximum Gasteiger partial charge on any atom is 0.0742 e. The van der Waals surface area contributed by atoms with Crippen molar-refractivity contribution in [1.29, 1.82) is 0 Å². The number of hydrogen-bond acceptors (Lipinski definition) is 4. The van der Waals surface area contributed by atoms with Gasteiger partial charge in [0.05, 0.1) is 25.9 Å². The van der Waals surface area contributed by atoms with E-state index in [1.807, 2.05) is 0 Å². The molecule has 1 atom stereocenters. The van der Waals surface area contributed by atoms with Gasteiger partial charge < -0.3 is 19.7 Å². The number of ether oxygens (including phenoxy) is 2. The lowest BCUT2D eigenvalue weighted by atomic mass is 10.4. The van der Waals surface area contributed by atoms with Gasteiger partial charge in [-0.25, -0.2) is 0 Å². The molecule has 80 valence electrons. The molecule has 0 spiro atoms. The van der Waals surface area contributed by atoms with Crippen LogP contribution in [0.5, 0.6) is 0 Å². The van der Waals surface area contributed by atoms with Crippen molar-refractivity contribution in [1.82, 2.24) is 0 Å². The molecule has 0 aromatic rings. The maximum atomic E-state index is 8.11. The quantitative estimate of drug-likeness (QED) is 0.581. The van der Waals surface area contributed by atoms with Crippen LogP contribution in [0.2, 0.25) is 0 Å². The van der Waals surface area contributed by atoms with Gasteiger partial charge in [0, 0.05) is 13.2 Å². The van der Waals surface area contributed by atoms with Crippen LogP contribution in [-0.4, -0.2) is 49.4 Å². The van der Waals surface area contributed by atoms with E-state index in [0.29, 0.717) is 0 Å². The van der Waals surface area contributed by atoms with Gasteiger partial charge in [-0.3, -0.25) is 0 Å². The maximum absolute atomic E-state index is 8.11. The molecule has 2 N–H and O–H groups in total. The van der Waals surface area contributed by atoms with Crippen molar-refractivity contribution in [2.24, 2.45) is 0 Å². The average molecular weight is 192 g/mol. The monoisotopic (exact) mass is 192 g/mol. The summed E-state index contributed by atoms with van der Waals surface area (Å²) in [4.78, 5) is 0. The molecule has 4 nitrogen and oxygen atoms in total. The molecule has 0 aromatic carbocycles. The molecule has 2 fully saturated rings. The number of aliphatic hydroxyl groups excluding tert-OH is 2. The number of aliphatic hydroxyl groups is 2. The molecular formula is C9H20O4. The molecule has 0 aromatic heterocycles. The topological polar surface area (TPSA) is 62.2 Å². The third-order valence-electron chi connectivity index (χ3n) is 1.30. The Morgan fingerprint density at radius 1 is 1.08 bits per heavy atom. The van der Waals surface area contributed by atoms with Crippen LogP contribution in [0, 0.1) is 0 Å². The first kappa shape index (κ1) is 12.8. The minimum atomic E-state index is -0.560. The van der Waals surface area contributed by atoms with Gasteiger partial charge in [-0.2, -0.15) is 0 Å². The van der Waals surface area contributed by atoms with Crippen LogP contribution in [-0.2, 0) is 9.47 Å². The standard InChI is InChI=1S/C4H8O.C3H8O2.C2H4O/c1-2-4-5-3-1;1-3(5)2-4;1-2-3-1/h1-4H2;3-5H,2H2,1H3;1-2H2. The third-order valence-corrected chi connectivity index (χ3v) is 1.30. The van der Waals surface area contributed by atoms with Crippen molar-refractivity contribution in [2.75, 3.05) is 33.0 Å². The Kier molecular flexibility index (Phi) is 9.80. The highest BCUT2D eigenvalue weighted by Crippen LogP contribution is 1.98. The van der Waals surface area contributed by atoms with E-state index in [0.717, 1.165) is 26.4 Å². The molecule has 2 rings (SSSR count). The highest BCUT2D eigenvalue weighted by Gasteiger charge is 1.94. The van der Waals surface area contributed by atoms with Crippen LogP contribution in [0.25, 0.3) is 0 Å². The summed E-state index contributed by atoms with van der Waals surface area (Å²) in [7, 11) is 0. The first-order valence-corrected chi connectivity index (χ1v) is 4.71. The molecule has 2 aliphatic heterocycles. The molecule has 0 saturated carbocycles. The average Bonchev–Trinajstić information content (AvgIpc) is 2.90. The van der Waals surface area contributed by atoms with Crippen LogP contribution in [0.1, 0.15) is 19.8 Å². The molecule has 4 heteroatoms. The van der Waals surface area contributed by atoms with Gasteiger partial charge in [-0.1, -0.05) is 0 Å². The number of rotatable bonds is 1. The zero-order valence-corrected chi connectivity index (χ0v) is 8.24. The van der Waals surface area contributed by atoms with Crippen LogP contribution < -0.4 is 0 Å². The second-order valence-corrected chi connectivity index (χ2v) is 2.96. The van der Waals surface area contributed by atoms with Gasteiger partial charge in [0.15, 0.2) is 0 Å². The minimum Gasteiger partial charge on any atom is -0.394 e. The van der Waals surface area contributed by atoms with E-state index >= 15 is 0 Å². The van der Waals surface area contributed by atoms with Gasteiger partial charge in [0.2, 0.25) is 0 Å². The van der Waals surface area contributed by atoms with Gasteiger partial charge in [0.25, 0.3) is 0 Å². The van der Waals surface area contributed by atoms with Crippen molar-refractivity contribution in [3.63, 3.8) is 0 Å². The van der Waals surface area contributed by atoms with Crippen molar-refractivity contribution in [2.45, 2.75) is 25.9 Å². The minimum absolute atomic E-state index is 0.139. The third kappa shape index (κ3) is 18.7. The fourth-order valence-corrected chi connectivity index (χ4v) is 0.510. The summed E-state index contributed by atoms with van der Waals surface area (Å²) in [5.74, 6) is 0. The fraction of sp³-hybridized carbons (Fsp3) is 1.00. The summed E-state index contributed by atoms with van der Waals surface area (Å²) in [5, 5.41) is 16.0. The summed E-state index contributed by atoms with van der Waals surface area (Å²) in [6.45, 7) is 5.39. The van der Waals surface area contributed by atoms with E-state index in [4.69, 9.17) is 14.9 Å². The van der Waals surface area contributed by atoms with E-state index in [1.165, 1.54) is 19.8 Å². The SMILES string of the molecule is C1CCOC1.C1CO1.CC(O)CO. The Morgan fingerprint density at radius 3 is 1.54 bits per heavy atom. The summed E-state index contributed by atoms with van der Waals surface area (Å²) in [6, 6.07) is 0. The fourth-order valence-electron chi connectivity index (χ4n) is 0.510. The second-order valence-electron chi connectivity index (χ2n) is 2.96. The summed E-state index contributed by atoms with van der Waals surface area (Å²) >= 11 is 0. The van der Waals surface area contributed by atoms with Crippen molar-refractivity contribution < 1.29 is 19.7 Å². The molecule has 0 amide bonds. The summed E-state index contributed by atoms with van der Waals surface area (Å²) in [5.41, 5.74) is 0. The van der Waals surface area contributed by atoms with Crippen molar-refractivity contribution in [3.8, 4) is 0 Å². The first-order chi connectivity index (χ1) is 6.27. The second kappa shape index (κ2) is 9.92. The highest BCUT2D eigenvalue weighted by molar-refractivity contribution is 4.43. The molecule has 2 aliphatic rings. The zero-order chi connectivity index (χ0) is 9.94. The van der Waals surface area contributed by atoms with Gasteiger partial charge >= 0.3 is 0 Å². The molecular weight excluding hydrogens is 172 g/mol. The van der Waals surface area contributed by atoms with Crippen LogP contribution in [0.15, 0.2) is 0 Å². The Bertz CT molecular complexity index is 79.3. The summed E-state index contributed by atoms with van der Waals surface area (Å²) < 4.78 is 9.44. The van der Waals surface area contributed by atoms with E-state index in [2.05, 4.69) is 4.74 Å². The Balaban J connectivity index is 0.000000171. The van der Waals surface area contributed by atoms with Crippen LogP contribution in [0.3, 0.4) is 0 Å². The largest absolute Gasteiger partial charge is 0.394 e. The highest BCUT2D eigenvalue weighted by atomic mass is 16.6. The van der Waals surface area contributed by atoms with E-state index in [-0.39, 0.29) is 6.61 Å². The predicted molar refractivity (Wildman–Crippen MR) is 49.6 cm³/mol. The Labute approximate surface area is 79.5 Å². The normalized spacial score (nSPS) is 20.5. The molecule has 0 bridgehead atoms. The van der Waals surface area contributed by atoms with Crippen LogP contribution in [0.4, 0.5) is 0 Å². The van der Waals surface area contributed by atoms with E-state index in [1.54, 1.807) is 0 Å². The smallest absolute Gasteiger partial charge is 0.0742 e. The zero-order valence-electron chi connectivity index (χ0n) is 8.24.